The van der Waals surface area contributed by atoms with Crippen molar-refractivity contribution < 1.29 is 29.3 Å². The fourth-order valence-electron chi connectivity index (χ4n) is 5.42. The smallest absolute Gasteiger partial charge is 0.306 e. The lowest BCUT2D eigenvalue weighted by molar-refractivity contribution is -0.145. The van der Waals surface area contributed by atoms with Crippen molar-refractivity contribution in [3.05, 3.63) is 57.6 Å². The topological polar surface area (TPSA) is 93.1 Å². The number of carbonyl (C=O) groups is 2. The molecule has 45 heavy (non-hydrogen) atoms. The zero-order valence-electron chi connectivity index (χ0n) is 30.0. The zero-order chi connectivity index (χ0) is 34.2. The Morgan fingerprint density at radius 1 is 0.600 bits per heavy atom. The van der Waals surface area contributed by atoms with Gasteiger partial charge in [0.1, 0.15) is 11.5 Å². The van der Waals surface area contributed by atoms with Crippen molar-refractivity contribution in [1.29, 1.82) is 0 Å². The number of unbranched alkanes of at least 4 members (excludes halogenated alkanes) is 3. The van der Waals surface area contributed by atoms with E-state index < -0.39 is 0 Å². The molecule has 0 aliphatic rings. The number of phenols is 2. The Bertz CT molecular complexity index is 1250. The summed E-state index contributed by atoms with van der Waals surface area (Å²) in [6, 6.07) is 8.06. The number of hydrogen-bond acceptors (Lipinski definition) is 6. The first-order valence-corrected chi connectivity index (χ1v) is 16.8. The van der Waals surface area contributed by atoms with Gasteiger partial charge in [-0.1, -0.05) is 100 Å². The molecule has 0 fully saturated rings. The van der Waals surface area contributed by atoms with Gasteiger partial charge < -0.3 is 19.7 Å². The number of rotatable bonds is 14. The molecule has 0 saturated carbocycles. The Hall–Kier alpha value is -3.02. The summed E-state index contributed by atoms with van der Waals surface area (Å²) in [5.74, 6) is 0.474. The van der Waals surface area contributed by atoms with Gasteiger partial charge in [0.25, 0.3) is 0 Å². The van der Waals surface area contributed by atoms with E-state index in [1.54, 1.807) is 0 Å². The molecule has 2 rings (SSSR count). The van der Waals surface area contributed by atoms with Gasteiger partial charge >= 0.3 is 11.9 Å². The Labute approximate surface area is 272 Å². The van der Waals surface area contributed by atoms with Gasteiger partial charge in [0.15, 0.2) is 0 Å². The summed E-state index contributed by atoms with van der Waals surface area (Å²) < 4.78 is 10.9. The van der Waals surface area contributed by atoms with Crippen LogP contribution in [0.25, 0.3) is 0 Å². The molecular weight excluding hydrogens is 564 g/mol. The highest BCUT2D eigenvalue weighted by Crippen LogP contribution is 2.40. The minimum atomic E-state index is -0.213. The van der Waals surface area contributed by atoms with E-state index in [0.29, 0.717) is 50.4 Å². The zero-order valence-corrected chi connectivity index (χ0v) is 30.0. The van der Waals surface area contributed by atoms with E-state index >= 15 is 0 Å². The highest BCUT2D eigenvalue weighted by molar-refractivity contribution is 5.70. The van der Waals surface area contributed by atoms with Crippen LogP contribution in [0.4, 0.5) is 0 Å². The van der Waals surface area contributed by atoms with Crippen molar-refractivity contribution in [2.45, 2.75) is 150 Å². The summed E-state index contributed by atoms with van der Waals surface area (Å²) in [5, 5.41) is 21.7. The average molecular weight is 625 g/mol. The van der Waals surface area contributed by atoms with E-state index in [0.717, 1.165) is 59.1 Å². The van der Waals surface area contributed by atoms with Crippen LogP contribution in [0.1, 0.15) is 154 Å². The van der Waals surface area contributed by atoms with Crippen molar-refractivity contribution in [2.75, 3.05) is 13.2 Å². The van der Waals surface area contributed by atoms with Gasteiger partial charge in [-0.25, -0.2) is 0 Å². The lowest BCUT2D eigenvalue weighted by Gasteiger charge is -2.28. The Kier molecular flexibility index (Phi) is 13.6. The largest absolute Gasteiger partial charge is 0.507 e. The molecule has 0 saturated heterocycles. The Morgan fingerprint density at radius 2 is 0.956 bits per heavy atom. The number of esters is 2. The normalized spacial score (nSPS) is 12.4. The molecule has 0 unspecified atom stereocenters. The van der Waals surface area contributed by atoms with Crippen molar-refractivity contribution in [3.8, 4) is 11.5 Å². The van der Waals surface area contributed by atoms with E-state index in [-0.39, 0.29) is 34.1 Å². The monoisotopic (exact) mass is 624 g/mol. The molecule has 0 spiro atoms. The van der Waals surface area contributed by atoms with Gasteiger partial charge in [0.2, 0.25) is 0 Å². The highest BCUT2D eigenvalue weighted by Gasteiger charge is 2.27. The molecular formula is C39H60O6. The second kappa shape index (κ2) is 16.0. The van der Waals surface area contributed by atoms with Crippen LogP contribution in [-0.2, 0) is 48.1 Å². The van der Waals surface area contributed by atoms with Crippen LogP contribution in [0.15, 0.2) is 24.3 Å². The third-order valence-corrected chi connectivity index (χ3v) is 8.22. The van der Waals surface area contributed by atoms with E-state index in [9.17, 15) is 19.8 Å². The summed E-state index contributed by atoms with van der Waals surface area (Å²) >= 11 is 0. The third kappa shape index (κ3) is 12.0. The number of aryl methyl sites for hydroxylation is 2. The SMILES string of the molecule is CC(C)c1cc(CCC(=O)OCCCCCCOC(=O)CCc2cc(C(C)(C)C)c(O)c(C(C)(C)C)c2)cc(C(C)(C)C)c1O. The number of phenolic OH excluding ortho intramolecular Hbond substituents is 2. The second-order valence-electron chi connectivity index (χ2n) is 15.9. The summed E-state index contributed by atoms with van der Waals surface area (Å²) in [4.78, 5) is 24.8. The van der Waals surface area contributed by atoms with E-state index in [4.69, 9.17) is 9.47 Å². The van der Waals surface area contributed by atoms with Crippen LogP contribution >= 0.6 is 0 Å². The summed E-state index contributed by atoms with van der Waals surface area (Å²) in [6.07, 6.45) is 5.10. The second-order valence-corrected chi connectivity index (χ2v) is 15.9. The van der Waals surface area contributed by atoms with E-state index in [1.165, 1.54) is 0 Å². The quantitative estimate of drug-likeness (QED) is 0.161. The summed E-state index contributed by atoms with van der Waals surface area (Å²) in [5.41, 5.74) is 5.09. The Morgan fingerprint density at radius 3 is 1.31 bits per heavy atom. The summed E-state index contributed by atoms with van der Waals surface area (Å²) in [6.45, 7) is 23.6. The first-order valence-electron chi connectivity index (χ1n) is 16.8. The highest BCUT2D eigenvalue weighted by atomic mass is 16.5. The lowest BCUT2D eigenvalue weighted by Crippen LogP contribution is -2.18. The van der Waals surface area contributed by atoms with Crippen LogP contribution in [0.5, 0.6) is 11.5 Å². The van der Waals surface area contributed by atoms with Crippen molar-refractivity contribution in [2.24, 2.45) is 0 Å². The van der Waals surface area contributed by atoms with Crippen LogP contribution in [0, 0.1) is 0 Å². The van der Waals surface area contributed by atoms with Crippen molar-refractivity contribution >= 4 is 11.9 Å². The molecule has 2 aromatic carbocycles. The molecule has 0 aromatic heterocycles. The van der Waals surface area contributed by atoms with Gasteiger partial charge in [-0.3, -0.25) is 9.59 Å². The Balaban J connectivity index is 1.69. The van der Waals surface area contributed by atoms with Crippen molar-refractivity contribution in [1.82, 2.24) is 0 Å². The number of aromatic hydroxyl groups is 2. The minimum Gasteiger partial charge on any atom is -0.507 e. The van der Waals surface area contributed by atoms with Gasteiger partial charge in [0, 0.05) is 12.8 Å². The molecule has 0 atom stereocenters. The maximum Gasteiger partial charge on any atom is 0.306 e. The predicted molar refractivity (Wildman–Crippen MR) is 183 cm³/mol. The first kappa shape index (κ1) is 38.2. The lowest BCUT2D eigenvalue weighted by atomic mass is 9.78. The van der Waals surface area contributed by atoms with Crippen LogP contribution in [-0.4, -0.2) is 35.4 Å². The molecule has 0 radical (unpaired) electrons. The molecule has 0 bridgehead atoms. The van der Waals surface area contributed by atoms with Gasteiger partial charge in [-0.05, 0) is 94.1 Å². The standard InChI is InChI=1S/C39H60O6/c1-26(2)29-22-27(23-30(35(29)42)37(3,4)5)16-18-33(40)44-20-14-12-13-15-21-45-34(41)19-17-28-24-31(38(6,7)8)36(43)32(25-28)39(9,10)11/h22-26,42-43H,12-21H2,1-11H3. The summed E-state index contributed by atoms with van der Waals surface area (Å²) in [7, 11) is 0. The molecule has 0 aliphatic carbocycles. The van der Waals surface area contributed by atoms with Crippen LogP contribution < -0.4 is 0 Å². The van der Waals surface area contributed by atoms with Gasteiger partial charge in [0.05, 0.1) is 13.2 Å². The molecule has 6 nitrogen and oxygen atoms in total. The fourth-order valence-corrected chi connectivity index (χ4v) is 5.42. The van der Waals surface area contributed by atoms with Crippen LogP contribution in [0.3, 0.4) is 0 Å². The molecule has 0 amide bonds. The van der Waals surface area contributed by atoms with Gasteiger partial charge in [-0.2, -0.15) is 0 Å². The minimum absolute atomic E-state index is 0.191. The van der Waals surface area contributed by atoms with E-state index in [1.807, 2.05) is 24.3 Å². The van der Waals surface area contributed by atoms with Crippen molar-refractivity contribution in [3.63, 3.8) is 0 Å². The maximum absolute atomic E-state index is 12.4. The fraction of sp³-hybridized carbons (Fsp3) is 0.641. The first-order chi connectivity index (χ1) is 20.7. The molecule has 0 aliphatic heterocycles. The molecule has 0 heterocycles. The molecule has 252 valence electrons. The number of benzene rings is 2. The predicted octanol–water partition coefficient (Wildman–Crippen LogP) is 9.33. The third-order valence-electron chi connectivity index (χ3n) is 8.22. The van der Waals surface area contributed by atoms with Gasteiger partial charge in [-0.15, -0.1) is 0 Å². The number of ether oxygens (including phenoxy) is 2. The maximum atomic E-state index is 12.4. The number of hydrogen-bond donors (Lipinski definition) is 2. The molecule has 2 N–H and O–H groups in total. The van der Waals surface area contributed by atoms with E-state index in [2.05, 4.69) is 76.2 Å². The van der Waals surface area contributed by atoms with Crippen LogP contribution in [0.2, 0.25) is 0 Å². The average Bonchev–Trinajstić information content (AvgIpc) is 2.91. The molecule has 6 heteroatoms. The number of carbonyl (C=O) groups excluding carboxylic acids is 2. The molecule has 2 aromatic rings.